The number of halogens is 6. The fourth-order valence-corrected chi connectivity index (χ4v) is 1.58. The molecule has 0 amide bonds. The minimum Gasteiger partial charge on any atom is -0.478 e. The van der Waals surface area contributed by atoms with Crippen LogP contribution >= 0.6 is 0 Å². The summed E-state index contributed by atoms with van der Waals surface area (Å²) >= 11 is 0. The summed E-state index contributed by atoms with van der Waals surface area (Å²) in [6, 6.07) is 0.859. The van der Waals surface area contributed by atoms with Crippen LogP contribution in [0.1, 0.15) is 34.0 Å². The molecule has 0 saturated heterocycles. The van der Waals surface area contributed by atoms with Crippen LogP contribution in [0.5, 0.6) is 0 Å². The van der Waals surface area contributed by atoms with Gasteiger partial charge in [0, 0.05) is 0 Å². The number of benzene rings is 1. The molecule has 0 aliphatic heterocycles. The van der Waals surface area contributed by atoms with E-state index in [0.717, 1.165) is 0 Å². The van der Waals surface area contributed by atoms with Gasteiger partial charge in [-0.3, -0.25) is 0 Å². The Labute approximate surface area is 103 Å². The van der Waals surface area contributed by atoms with Gasteiger partial charge >= 0.3 is 18.3 Å². The summed E-state index contributed by atoms with van der Waals surface area (Å²) in [6.45, 7) is 1.37. The molecule has 106 valence electrons. The molecule has 1 aromatic carbocycles. The van der Waals surface area contributed by atoms with Crippen molar-refractivity contribution < 1.29 is 36.2 Å². The molecule has 0 atom stereocenters. The number of aryl methyl sites for hydroxylation is 1. The van der Waals surface area contributed by atoms with E-state index in [2.05, 4.69) is 0 Å². The first-order valence-corrected chi connectivity index (χ1v) is 5.03. The van der Waals surface area contributed by atoms with Crippen LogP contribution in [0.15, 0.2) is 12.1 Å². The van der Waals surface area contributed by atoms with Gasteiger partial charge < -0.3 is 5.11 Å². The lowest BCUT2D eigenvalue weighted by Gasteiger charge is -2.17. The van der Waals surface area contributed by atoms with Crippen LogP contribution in [0.3, 0.4) is 0 Å². The molecule has 0 heterocycles. The van der Waals surface area contributed by atoms with E-state index in [1.54, 1.807) is 0 Å². The number of carboxylic acid groups (broad SMARTS) is 1. The van der Waals surface area contributed by atoms with Crippen molar-refractivity contribution in [3.8, 4) is 0 Å². The number of carbonyl (C=O) groups is 1. The lowest BCUT2D eigenvalue weighted by Crippen LogP contribution is -2.20. The summed E-state index contributed by atoms with van der Waals surface area (Å²) in [5, 5.41) is 8.64. The summed E-state index contributed by atoms with van der Waals surface area (Å²) in [5.41, 5.74) is -5.57. The van der Waals surface area contributed by atoms with Crippen molar-refractivity contribution in [2.45, 2.75) is 25.7 Å². The van der Waals surface area contributed by atoms with E-state index in [9.17, 15) is 31.1 Å². The Morgan fingerprint density at radius 1 is 1.05 bits per heavy atom. The summed E-state index contributed by atoms with van der Waals surface area (Å²) < 4.78 is 76.0. The van der Waals surface area contributed by atoms with Gasteiger partial charge in [0.05, 0.1) is 16.7 Å². The molecule has 0 fully saturated rings. The van der Waals surface area contributed by atoms with Crippen LogP contribution in [0, 0.1) is 0 Å². The van der Waals surface area contributed by atoms with Crippen molar-refractivity contribution in [1.82, 2.24) is 0 Å². The number of aromatic carboxylic acids is 1. The zero-order chi connectivity index (χ0) is 15.0. The largest absolute Gasteiger partial charge is 0.478 e. The first-order valence-electron chi connectivity index (χ1n) is 5.03. The molecule has 0 unspecified atom stereocenters. The van der Waals surface area contributed by atoms with Gasteiger partial charge in [0.2, 0.25) is 0 Å². The third-order valence-corrected chi connectivity index (χ3v) is 2.43. The van der Waals surface area contributed by atoms with Crippen molar-refractivity contribution in [3.63, 3.8) is 0 Å². The summed E-state index contributed by atoms with van der Waals surface area (Å²) in [4.78, 5) is 10.7. The maximum absolute atomic E-state index is 12.7. The Hall–Kier alpha value is -1.73. The fraction of sp³-hybridized carbons (Fsp3) is 0.364. The first kappa shape index (κ1) is 15.3. The van der Waals surface area contributed by atoms with Crippen molar-refractivity contribution >= 4 is 5.97 Å². The zero-order valence-electron chi connectivity index (χ0n) is 9.49. The quantitative estimate of drug-likeness (QED) is 0.835. The Balaban J connectivity index is 3.76. The molecule has 0 aliphatic carbocycles. The van der Waals surface area contributed by atoms with E-state index in [4.69, 9.17) is 5.11 Å². The van der Waals surface area contributed by atoms with Gasteiger partial charge in [-0.25, -0.2) is 4.79 Å². The van der Waals surface area contributed by atoms with Crippen molar-refractivity contribution in [1.29, 1.82) is 0 Å². The molecule has 0 spiro atoms. The average molecular weight is 286 g/mol. The Morgan fingerprint density at radius 2 is 1.42 bits per heavy atom. The molecule has 0 saturated carbocycles. The molecule has 0 aromatic heterocycles. The lowest BCUT2D eigenvalue weighted by atomic mass is 9.95. The van der Waals surface area contributed by atoms with E-state index in [1.807, 2.05) is 0 Å². The smallest absolute Gasteiger partial charge is 0.417 e. The molecule has 8 heteroatoms. The Kier molecular flexibility index (Phi) is 3.83. The molecule has 1 rings (SSSR count). The van der Waals surface area contributed by atoms with Crippen LogP contribution < -0.4 is 0 Å². The summed E-state index contributed by atoms with van der Waals surface area (Å²) in [5.74, 6) is -2.26. The monoisotopic (exact) mass is 286 g/mol. The van der Waals surface area contributed by atoms with Crippen molar-refractivity contribution in [3.05, 3.63) is 34.4 Å². The van der Waals surface area contributed by atoms with E-state index < -0.39 is 35.0 Å². The minimum absolute atomic E-state index is 0.0773. The molecular weight excluding hydrogens is 278 g/mol. The second-order valence-corrected chi connectivity index (χ2v) is 3.72. The molecule has 0 radical (unpaired) electrons. The molecule has 0 bridgehead atoms. The van der Waals surface area contributed by atoms with Gasteiger partial charge in [-0.15, -0.1) is 0 Å². The number of hydrogen-bond acceptors (Lipinski definition) is 1. The topological polar surface area (TPSA) is 37.3 Å². The van der Waals surface area contributed by atoms with Crippen LogP contribution in [-0.4, -0.2) is 11.1 Å². The summed E-state index contributed by atoms with van der Waals surface area (Å²) in [7, 11) is 0. The third kappa shape index (κ3) is 3.18. The van der Waals surface area contributed by atoms with Crippen LogP contribution in [0.25, 0.3) is 0 Å². The number of alkyl halides is 6. The Bertz CT molecular complexity index is 466. The number of rotatable bonds is 2. The van der Waals surface area contributed by atoms with E-state index in [-0.39, 0.29) is 12.0 Å². The standard InChI is InChI=1S/C11H8F6O2/c1-2-5-3-6(10(12,13)14)8(9(18)19)7(4-5)11(15,16)17/h3-4H,2H2,1H3,(H,18,19). The van der Waals surface area contributed by atoms with Gasteiger partial charge in [0.25, 0.3) is 0 Å². The van der Waals surface area contributed by atoms with Crippen LogP contribution in [0.2, 0.25) is 0 Å². The second-order valence-electron chi connectivity index (χ2n) is 3.72. The number of hydrogen-bond donors (Lipinski definition) is 1. The predicted molar refractivity (Wildman–Crippen MR) is 52.8 cm³/mol. The minimum atomic E-state index is -5.17. The highest BCUT2D eigenvalue weighted by Gasteiger charge is 2.43. The van der Waals surface area contributed by atoms with E-state index >= 15 is 0 Å². The van der Waals surface area contributed by atoms with Gasteiger partial charge in [0.1, 0.15) is 0 Å². The third-order valence-electron chi connectivity index (χ3n) is 2.43. The fourth-order valence-electron chi connectivity index (χ4n) is 1.58. The molecule has 1 N–H and O–H groups in total. The van der Waals surface area contributed by atoms with Gasteiger partial charge in [-0.2, -0.15) is 26.3 Å². The number of carboxylic acids is 1. The highest BCUT2D eigenvalue weighted by Crippen LogP contribution is 2.40. The van der Waals surface area contributed by atoms with Gasteiger partial charge in [-0.1, -0.05) is 6.92 Å². The van der Waals surface area contributed by atoms with E-state index in [1.165, 1.54) is 6.92 Å². The molecular formula is C11H8F6O2. The molecule has 0 aliphatic rings. The molecule has 2 nitrogen and oxygen atoms in total. The predicted octanol–water partition coefficient (Wildman–Crippen LogP) is 3.98. The SMILES string of the molecule is CCc1cc(C(F)(F)F)c(C(=O)O)c(C(F)(F)F)c1. The van der Waals surface area contributed by atoms with Gasteiger partial charge in [-0.05, 0) is 24.1 Å². The highest BCUT2D eigenvalue weighted by molar-refractivity contribution is 5.92. The van der Waals surface area contributed by atoms with Crippen LogP contribution in [0.4, 0.5) is 26.3 Å². The average Bonchev–Trinajstić information content (AvgIpc) is 2.24. The second kappa shape index (κ2) is 4.75. The zero-order valence-corrected chi connectivity index (χ0v) is 9.49. The first-order chi connectivity index (χ1) is 8.48. The molecule has 1 aromatic rings. The van der Waals surface area contributed by atoms with Crippen molar-refractivity contribution in [2.75, 3.05) is 0 Å². The maximum atomic E-state index is 12.7. The Morgan fingerprint density at radius 3 is 1.63 bits per heavy atom. The normalized spacial score (nSPS) is 12.6. The molecule has 19 heavy (non-hydrogen) atoms. The highest BCUT2D eigenvalue weighted by atomic mass is 19.4. The van der Waals surface area contributed by atoms with Gasteiger partial charge in [0.15, 0.2) is 0 Å². The lowest BCUT2D eigenvalue weighted by molar-refractivity contribution is -0.144. The van der Waals surface area contributed by atoms with E-state index in [0.29, 0.717) is 12.1 Å². The van der Waals surface area contributed by atoms with Crippen LogP contribution in [-0.2, 0) is 18.8 Å². The summed E-state index contributed by atoms with van der Waals surface area (Å²) in [6.07, 6.45) is -10.4. The maximum Gasteiger partial charge on any atom is 0.417 e. The van der Waals surface area contributed by atoms with Crippen molar-refractivity contribution in [2.24, 2.45) is 0 Å².